The second-order valence-electron chi connectivity index (χ2n) is 4.03. The first-order valence-corrected chi connectivity index (χ1v) is 7.10. The summed E-state index contributed by atoms with van der Waals surface area (Å²) in [6.45, 7) is 3.01. The average molecular weight is 258 g/mol. The third-order valence-corrected chi connectivity index (χ3v) is 3.19. The van der Waals surface area contributed by atoms with Crippen molar-refractivity contribution in [2.24, 2.45) is 5.14 Å². The van der Waals surface area contributed by atoms with Crippen molar-refractivity contribution in [2.75, 3.05) is 12.3 Å². The zero-order valence-electron chi connectivity index (χ0n) is 9.81. The third-order valence-electron chi connectivity index (χ3n) is 2.33. The van der Waals surface area contributed by atoms with E-state index < -0.39 is 10.0 Å². The van der Waals surface area contributed by atoms with Gasteiger partial charge in [0, 0.05) is 12.1 Å². The fourth-order valence-corrected chi connectivity index (χ4v) is 2.02. The summed E-state index contributed by atoms with van der Waals surface area (Å²) in [5.41, 5.74) is 1.88. The first-order chi connectivity index (χ1) is 7.88. The summed E-state index contributed by atoms with van der Waals surface area (Å²) in [5.74, 6) is 0.217. The molecule has 0 radical (unpaired) electrons. The van der Waals surface area contributed by atoms with Crippen molar-refractivity contribution < 1.29 is 13.5 Å². The van der Waals surface area contributed by atoms with Gasteiger partial charge in [-0.15, -0.1) is 0 Å². The quantitative estimate of drug-likeness (QED) is 0.647. The summed E-state index contributed by atoms with van der Waals surface area (Å²) >= 11 is 0. The zero-order chi connectivity index (χ0) is 12.9. The van der Waals surface area contributed by atoms with Crippen molar-refractivity contribution >= 4 is 10.0 Å². The van der Waals surface area contributed by atoms with Gasteiger partial charge < -0.3 is 10.4 Å². The van der Waals surface area contributed by atoms with Crippen molar-refractivity contribution in [1.82, 2.24) is 5.32 Å². The number of benzene rings is 1. The first-order valence-electron chi connectivity index (χ1n) is 5.38. The van der Waals surface area contributed by atoms with Gasteiger partial charge in [-0.3, -0.25) is 0 Å². The fraction of sp³-hybridized carbons (Fsp3) is 0.455. The number of sulfonamides is 1. The minimum atomic E-state index is -3.37. The zero-order valence-corrected chi connectivity index (χ0v) is 10.6. The van der Waals surface area contributed by atoms with Crippen LogP contribution < -0.4 is 10.5 Å². The third kappa shape index (κ3) is 5.67. The van der Waals surface area contributed by atoms with Gasteiger partial charge in [0.1, 0.15) is 5.75 Å². The largest absolute Gasteiger partial charge is 0.508 e. The lowest BCUT2D eigenvalue weighted by Gasteiger charge is -2.07. The molecule has 0 bridgehead atoms. The Hall–Kier alpha value is -1.11. The van der Waals surface area contributed by atoms with Gasteiger partial charge in [0.25, 0.3) is 0 Å². The molecule has 1 rings (SSSR count). The van der Waals surface area contributed by atoms with E-state index in [1.54, 1.807) is 6.07 Å². The molecule has 96 valence electrons. The Morgan fingerprint density at radius 1 is 1.41 bits per heavy atom. The Bertz CT molecular complexity index is 472. The van der Waals surface area contributed by atoms with Crippen molar-refractivity contribution in [1.29, 1.82) is 0 Å². The van der Waals surface area contributed by atoms with Gasteiger partial charge in [-0.05, 0) is 26.0 Å². The smallest absolute Gasteiger partial charge is 0.209 e. The van der Waals surface area contributed by atoms with Crippen LogP contribution in [0.2, 0.25) is 0 Å². The molecule has 0 saturated carbocycles. The van der Waals surface area contributed by atoms with E-state index in [1.165, 1.54) is 0 Å². The van der Waals surface area contributed by atoms with Crippen LogP contribution >= 0.6 is 0 Å². The maximum absolute atomic E-state index is 10.7. The minimum Gasteiger partial charge on any atom is -0.508 e. The van der Waals surface area contributed by atoms with Crippen LogP contribution in [0.1, 0.15) is 17.5 Å². The van der Waals surface area contributed by atoms with E-state index in [0.717, 1.165) is 11.1 Å². The number of primary sulfonamides is 1. The predicted molar refractivity (Wildman–Crippen MR) is 67.1 cm³/mol. The van der Waals surface area contributed by atoms with E-state index >= 15 is 0 Å². The van der Waals surface area contributed by atoms with Crippen molar-refractivity contribution in [2.45, 2.75) is 19.9 Å². The van der Waals surface area contributed by atoms with Gasteiger partial charge in [-0.2, -0.15) is 0 Å². The molecular weight excluding hydrogens is 240 g/mol. The molecule has 4 N–H and O–H groups in total. The van der Waals surface area contributed by atoms with Crippen LogP contribution in [0.15, 0.2) is 18.2 Å². The van der Waals surface area contributed by atoms with E-state index in [-0.39, 0.29) is 11.5 Å². The highest BCUT2D eigenvalue weighted by molar-refractivity contribution is 7.89. The maximum Gasteiger partial charge on any atom is 0.209 e. The monoisotopic (exact) mass is 258 g/mol. The molecule has 0 aromatic heterocycles. The lowest BCUT2D eigenvalue weighted by molar-refractivity contribution is 0.464. The molecule has 0 amide bonds. The molecule has 0 heterocycles. The minimum absolute atomic E-state index is 0.0280. The molecule has 0 aliphatic carbocycles. The normalized spacial score (nSPS) is 11.6. The maximum atomic E-state index is 10.7. The molecule has 5 nitrogen and oxygen atoms in total. The standard InChI is InChI=1S/C11H18N2O3S/c1-9-3-4-11(14)10(7-9)8-13-5-2-6-17(12,15)16/h3-4,7,13-14H,2,5-6,8H2,1H3,(H2,12,15,16). The molecule has 1 aromatic rings. The first kappa shape index (κ1) is 14.0. The van der Waals surface area contributed by atoms with Gasteiger partial charge in [-0.1, -0.05) is 17.7 Å². The number of hydrogen-bond donors (Lipinski definition) is 3. The van der Waals surface area contributed by atoms with Crippen molar-refractivity contribution in [3.05, 3.63) is 29.3 Å². The second kappa shape index (κ2) is 6.00. The van der Waals surface area contributed by atoms with Crippen LogP contribution in [0.25, 0.3) is 0 Å². The Kier molecular flexibility index (Phi) is 4.92. The average Bonchev–Trinajstić information content (AvgIpc) is 2.21. The number of aromatic hydroxyl groups is 1. The number of nitrogens with one attached hydrogen (secondary N) is 1. The van der Waals surface area contributed by atoms with Crippen LogP contribution in [-0.2, 0) is 16.6 Å². The SMILES string of the molecule is Cc1ccc(O)c(CNCCCS(N)(=O)=O)c1. The van der Waals surface area contributed by atoms with Crippen LogP contribution in [0, 0.1) is 6.92 Å². The molecular formula is C11H18N2O3S. The Morgan fingerprint density at radius 3 is 2.76 bits per heavy atom. The summed E-state index contributed by atoms with van der Waals surface area (Å²) in [6, 6.07) is 5.37. The number of phenols is 1. The molecule has 6 heteroatoms. The van der Waals surface area contributed by atoms with Crippen LogP contribution in [0.4, 0.5) is 0 Å². The molecule has 0 atom stereocenters. The van der Waals surface area contributed by atoms with Crippen molar-refractivity contribution in [3.63, 3.8) is 0 Å². The predicted octanol–water partition coefficient (Wildman–Crippen LogP) is 0.469. The highest BCUT2D eigenvalue weighted by atomic mass is 32.2. The van der Waals surface area contributed by atoms with Gasteiger partial charge in [0.2, 0.25) is 10.0 Å². The van der Waals surface area contributed by atoms with E-state index in [1.807, 2.05) is 19.1 Å². The fourth-order valence-electron chi connectivity index (χ4n) is 1.48. The van der Waals surface area contributed by atoms with E-state index in [4.69, 9.17) is 5.14 Å². The van der Waals surface area contributed by atoms with Crippen LogP contribution in [0.5, 0.6) is 5.75 Å². The molecule has 0 saturated heterocycles. The summed E-state index contributed by atoms with van der Waals surface area (Å²) in [5, 5.41) is 17.5. The van der Waals surface area contributed by atoms with Gasteiger partial charge in [0.05, 0.1) is 5.75 Å². The van der Waals surface area contributed by atoms with E-state index in [2.05, 4.69) is 5.32 Å². The van der Waals surface area contributed by atoms with Crippen molar-refractivity contribution in [3.8, 4) is 5.75 Å². The second-order valence-corrected chi connectivity index (χ2v) is 5.76. The molecule has 0 unspecified atom stereocenters. The highest BCUT2D eigenvalue weighted by Gasteiger charge is 2.03. The highest BCUT2D eigenvalue weighted by Crippen LogP contribution is 2.17. The Balaban J connectivity index is 2.34. The molecule has 1 aromatic carbocycles. The topological polar surface area (TPSA) is 92.4 Å². The Labute approximate surface area is 102 Å². The molecule has 0 fully saturated rings. The van der Waals surface area contributed by atoms with E-state index in [0.29, 0.717) is 19.5 Å². The van der Waals surface area contributed by atoms with Gasteiger partial charge >= 0.3 is 0 Å². The number of rotatable bonds is 6. The summed E-state index contributed by atoms with van der Waals surface area (Å²) in [6.07, 6.45) is 0.464. The van der Waals surface area contributed by atoms with E-state index in [9.17, 15) is 13.5 Å². The number of aryl methyl sites for hydroxylation is 1. The number of hydrogen-bond acceptors (Lipinski definition) is 4. The number of phenolic OH excluding ortho intramolecular Hbond substituents is 1. The molecule has 0 aliphatic rings. The summed E-state index contributed by atoms with van der Waals surface area (Å²) in [7, 11) is -3.37. The van der Waals surface area contributed by atoms with Crippen LogP contribution in [0.3, 0.4) is 0 Å². The lowest BCUT2D eigenvalue weighted by Crippen LogP contribution is -2.22. The van der Waals surface area contributed by atoms with Gasteiger partial charge in [0.15, 0.2) is 0 Å². The lowest BCUT2D eigenvalue weighted by atomic mass is 10.1. The number of nitrogens with two attached hydrogens (primary N) is 1. The molecule has 0 aliphatic heterocycles. The Morgan fingerprint density at radius 2 is 2.12 bits per heavy atom. The summed E-state index contributed by atoms with van der Waals surface area (Å²) < 4.78 is 21.3. The van der Waals surface area contributed by atoms with Crippen LogP contribution in [-0.4, -0.2) is 25.8 Å². The molecule has 0 spiro atoms. The van der Waals surface area contributed by atoms with Gasteiger partial charge in [-0.25, -0.2) is 13.6 Å². The summed E-state index contributed by atoms with van der Waals surface area (Å²) in [4.78, 5) is 0. The molecule has 17 heavy (non-hydrogen) atoms.